The van der Waals surface area contributed by atoms with Crippen molar-refractivity contribution in [3.63, 3.8) is 0 Å². The topological polar surface area (TPSA) is 181 Å². The van der Waals surface area contributed by atoms with Crippen LogP contribution < -0.4 is 14.8 Å². The first-order chi connectivity index (χ1) is 19.0. The van der Waals surface area contributed by atoms with E-state index in [1.54, 1.807) is 35.2 Å². The van der Waals surface area contributed by atoms with Gasteiger partial charge in [-0.2, -0.15) is 4.98 Å². The first kappa shape index (κ1) is 28.8. The molecular weight excluding hydrogens is 607 g/mol. The molecule has 1 aliphatic rings. The van der Waals surface area contributed by atoms with Gasteiger partial charge in [0.2, 0.25) is 5.95 Å². The number of rotatable bonds is 11. The number of hydrogen-bond acceptors (Lipinski definition) is 10. The average Bonchev–Trinajstić information content (AvgIpc) is 3.25. The van der Waals surface area contributed by atoms with Crippen LogP contribution in [0.1, 0.15) is 12.5 Å². The zero-order chi connectivity index (χ0) is 28.5. The van der Waals surface area contributed by atoms with Crippen molar-refractivity contribution >= 4 is 56.0 Å². The van der Waals surface area contributed by atoms with Crippen LogP contribution in [0.4, 0.5) is 5.95 Å². The van der Waals surface area contributed by atoms with Gasteiger partial charge in [0, 0.05) is 22.0 Å². The second kappa shape index (κ2) is 11.6. The monoisotopic (exact) mass is 629 g/mol. The summed E-state index contributed by atoms with van der Waals surface area (Å²) in [5.41, 5.74) is 6.72. The molecule has 2 heterocycles. The molecule has 4 N–H and O–H groups in total. The van der Waals surface area contributed by atoms with Gasteiger partial charge in [-0.1, -0.05) is 35.3 Å². The van der Waals surface area contributed by atoms with E-state index in [2.05, 4.69) is 15.0 Å². The summed E-state index contributed by atoms with van der Waals surface area (Å²) in [6, 6.07) is 11.6. The summed E-state index contributed by atoms with van der Waals surface area (Å²) >= 11 is 11.8. The zero-order valence-corrected chi connectivity index (χ0v) is 23.8. The lowest BCUT2D eigenvalue weighted by Gasteiger charge is -2.45. The van der Waals surface area contributed by atoms with Gasteiger partial charge in [0.15, 0.2) is 5.65 Å². The molecule has 0 amide bonds. The summed E-state index contributed by atoms with van der Waals surface area (Å²) in [5, 5.41) is 0.637. The van der Waals surface area contributed by atoms with Crippen LogP contribution in [0.25, 0.3) is 11.2 Å². The third-order valence-corrected chi connectivity index (χ3v) is 8.56. The van der Waals surface area contributed by atoms with E-state index in [0.717, 1.165) is 0 Å². The normalized spacial score (nSPS) is 21.8. The molecule has 0 spiro atoms. The van der Waals surface area contributed by atoms with Gasteiger partial charge in [0.25, 0.3) is 0 Å². The number of phosphoric acid groups is 2. The number of fused-ring (bicyclic) bond motifs is 1. The predicted octanol–water partition coefficient (Wildman–Crippen LogP) is 5.28. The molecule has 40 heavy (non-hydrogen) atoms. The van der Waals surface area contributed by atoms with E-state index >= 15 is 0 Å². The standard InChI is InChI=1S/C23H23Cl2N5O8P2/c24-15-3-1-5-17(8-15)37-39(31,32)35-11-14-7-21(30-13-28-20-10-27-23(26)29-22(20)30)19(14)12-36-40(33,34)38-18-6-2-4-16(25)9-18/h1-6,8-10,13-14,19,21H,7,11-12H2,(H,31,32)(H,33,34)(H2,26,27,29). The third kappa shape index (κ3) is 6.94. The van der Waals surface area contributed by atoms with Gasteiger partial charge >= 0.3 is 15.6 Å². The highest BCUT2D eigenvalue weighted by atomic mass is 35.5. The number of phosphoric ester groups is 2. The second-order valence-corrected chi connectivity index (χ2v) is 12.6. The van der Waals surface area contributed by atoms with Crippen molar-refractivity contribution in [2.75, 3.05) is 18.9 Å². The minimum absolute atomic E-state index is 0.0513. The Morgan fingerprint density at radius 1 is 0.950 bits per heavy atom. The maximum Gasteiger partial charge on any atom is 0.527 e. The summed E-state index contributed by atoms with van der Waals surface area (Å²) in [6.45, 7) is -0.480. The van der Waals surface area contributed by atoms with E-state index in [-0.39, 0.29) is 42.6 Å². The number of hydrogen-bond donors (Lipinski definition) is 3. The summed E-state index contributed by atoms with van der Waals surface area (Å²) in [5.74, 6) is -0.698. The van der Waals surface area contributed by atoms with Crippen molar-refractivity contribution in [3.05, 3.63) is 71.1 Å². The van der Waals surface area contributed by atoms with Gasteiger partial charge in [-0.25, -0.2) is 19.1 Å². The number of anilines is 1. The first-order valence-corrected chi connectivity index (χ1v) is 15.5. The molecule has 2 aromatic carbocycles. The van der Waals surface area contributed by atoms with Crippen LogP contribution in [-0.4, -0.2) is 42.5 Å². The fourth-order valence-corrected chi connectivity index (χ4v) is 6.32. The lowest BCUT2D eigenvalue weighted by atomic mass is 9.70. The SMILES string of the molecule is Nc1ncc2ncn(C3CC(COP(=O)(O)Oc4cccc(Cl)c4)C3COP(=O)(O)Oc3cccc(Cl)c3)c2n1. The zero-order valence-electron chi connectivity index (χ0n) is 20.5. The van der Waals surface area contributed by atoms with Crippen molar-refractivity contribution < 1.29 is 37.0 Å². The molecule has 0 saturated heterocycles. The van der Waals surface area contributed by atoms with Crippen LogP contribution in [0.3, 0.4) is 0 Å². The van der Waals surface area contributed by atoms with E-state index in [1.165, 1.54) is 30.5 Å². The van der Waals surface area contributed by atoms with E-state index in [0.29, 0.717) is 27.6 Å². The van der Waals surface area contributed by atoms with Crippen molar-refractivity contribution in [1.29, 1.82) is 0 Å². The molecule has 1 saturated carbocycles. The Bertz CT molecular complexity index is 1630. The lowest BCUT2D eigenvalue weighted by Crippen LogP contribution is -2.43. The van der Waals surface area contributed by atoms with Crippen LogP contribution in [0, 0.1) is 11.8 Å². The summed E-state index contributed by atoms with van der Waals surface area (Å²) < 4.78 is 47.9. The molecule has 1 fully saturated rings. The molecule has 2 aromatic heterocycles. The van der Waals surface area contributed by atoms with Gasteiger partial charge in [-0.15, -0.1) is 0 Å². The number of aromatic nitrogens is 4. The first-order valence-electron chi connectivity index (χ1n) is 11.8. The Morgan fingerprint density at radius 3 is 2.15 bits per heavy atom. The van der Waals surface area contributed by atoms with Crippen LogP contribution in [0.15, 0.2) is 61.1 Å². The summed E-state index contributed by atoms with van der Waals surface area (Å²) in [6.07, 6.45) is 3.47. The predicted molar refractivity (Wildman–Crippen MR) is 146 cm³/mol. The number of benzene rings is 2. The molecule has 17 heteroatoms. The minimum atomic E-state index is -4.57. The fourth-order valence-electron chi connectivity index (χ4n) is 4.36. The van der Waals surface area contributed by atoms with Gasteiger partial charge in [0.1, 0.15) is 17.0 Å². The number of nitrogens with zero attached hydrogens (tertiary/aromatic N) is 4. The van der Waals surface area contributed by atoms with Gasteiger partial charge in [-0.05, 0) is 48.7 Å². The van der Waals surface area contributed by atoms with Crippen LogP contribution in [0.5, 0.6) is 11.5 Å². The Labute approximate surface area is 238 Å². The van der Waals surface area contributed by atoms with Crippen molar-refractivity contribution in [3.8, 4) is 11.5 Å². The maximum absolute atomic E-state index is 12.7. The fraction of sp³-hybridized carbons (Fsp3) is 0.261. The lowest BCUT2D eigenvalue weighted by molar-refractivity contribution is -0.00444. The summed E-state index contributed by atoms with van der Waals surface area (Å²) in [4.78, 5) is 33.1. The van der Waals surface area contributed by atoms with Crippen molar-refractivity contribution in [2.24, 2.45) is 11.8 Å². The summed E-state index contributed by atoms with van der Waals surface area (Å²) in [7, 11) is -9.09. The molecule has 5 atom stereocenters. The van der Waals surface area contributed by atoms with E-state index in [9.17, 15) is 18.9 Å². The van der Waals surface area contributed by atoms with Crippen molar-refractivity contribution in [2.45, 2.75) is 12.5 Å². The van der Waals surface area contributed by atoms with Crippen LogP contribution >= 0.6 is 38.8 Å². The van der Waals surface area contributed by atoms with E-state index in [1.807, 2.05) is 0 Å². The van der Waals surface area contributed by atoms with Crippen LogP contribution in [-0.2, 0) is 18.2 Å². The molecule has 212 valence electrons. The molecular formula is C23H23Cl2N5O8P2. The Hall–Kier alpha value is -2.73. The molecule has 4 aromatic rings. The van der Waals surface area contributed by atoms with E-state index in [4.69, 9.17) is 47.0 Å². The molecule has 13 nitrogen and oxygen atoms in total. The number of imidazole rings is 1. The number of nitrogens with two attached hydrogens (primary N) is 1. The Kier molecular flexibility index (Phi) is 8.37. The average molecular weight is 630 g/mol. The minimum Gasteiger partial charge on any atom is -0.404 e. The number of nitrogen functional groups attached to an aromatic ring is 1. The number of halogens is 2. The Balaban J connectivity index is 1.31. The van der Waals surface area contributed by atoms with E-state index < -0.39 is 21.6 Å². The molecule has 0 radical (unpaired) electrons. The van der Waals surface area contributed by atoms with Crippen molar-refractivity contribution in [1.82, 2.24) is 19.5 Å². The third-order valence-electron chi connectivity index (χ3n) is 6.25. The van der Waals surface area contributed by atoms with Gasteiger partial charge in [-0.3, -0.25) is 18.8 Å². The highest BCUT2D eigenvalue weighted by molar-refractivity contribution is 7.48. The molecule has 5 rings (SSSR count). The largest absolute Gasteiger partial charge is 0.527 e. The maximum atomic E-state index is 12.7. The van der Waals surface area contributed by atoms with Gasteiger partial charge < -0.3 is 19.3 Å². The highest BCUT2D eigenvalue weighted by Gasteiger charge is 2.45. The Morgan fingerprint density at radius 2 is 1.55 bits per heavy atom. The van der Waals surface area contributed by atoms with Gasteiger partial charge in [0.05, 0.1) is 25.7 Å². The quantitative estimate of drug-likeness (QED) is 0.183. The smallest absolute Gasteiger partial charge is 0.404 e. The molecule has 0 bridgehead atoms. The highest BCUT2D eigenvalue weighted by Crippen LogP contribution is 2.52. The molecule has 5 unspecified atom stereocenters. The van der Waals surface area contributed by atoms with Crippen LogP contribution in [0.2, 0.25) is 10.0 Å². The second-order valence-electron chi connectivity index (χ2n) is 8.94. The molecule has 0 aliphatic heterocycles. The molecule has 1 aliphatic carbocycles.